The number of nitrogens with one attached hydrogen (secondary N) is 1. The van der Waals surface area contributed by atoms with E-state index in [2.05, 4.69) is 19.2 Å². The maximum absolute atomic E-state index is 12.5. The molecule has 28 heavy (non-hydrogen) atoms. The zero-order valence-corrected chi connectivity index (χ0v) is 16.9. The predicted molar refractivity (Wildman–Crippen MR) is 106 cm³/mol. The number of rotatable bonds is 7. The van der Waals surface area contributed by atoms with E-state index in [9.17, 15) is 9.59 Å². The fraction of sp³-hybridized carbons (Fsp3) is 0.652. The summed E-state index contributed by atoms with van der Waals surface area (Å²) in [6, 6.07) is 6.87. The van der Waals surface area contributed by atoms with Crippen molar-refractivity contribution in [2.24, 2.45) is 23.7 Å². The summed E-state index contributed by atoms with van der Waals surface area (Å²) in [4.78, 5) is 24.7. The lowest BCUT2D eigenvalue weighted by molar-refractivity contribution is -0.130. The van der Waals surface area contributed by atoms with Crippen molar-refractivity contribution in [3.8, 4) is 5.75 Å². The summed E-state index contributed by atoms with van der Waals surface area (Å²) in [5.41, 5.74) is 0.382. The van der Waals surface area contributed by atoms with Gasteiger partial charge in [0.15, 0.2) is 6.61 Å². The van der Waals surface area contributed by atoms with Crippen LogP contribution in [0.2, 0.25) is 0 Å². The number of benzene rings is 1. The summed E-state index contributed by atoms with van der Waals surface area (Å²) in [5, 5.41) is 3.23. The van der Waals surface area contributed by atoms with Crippen LogP contribution in [0.4, 0.5) is 0 Å². The molecule has 0 heterocycles. The highest BCUT2D eigenvalue weighted by Crippen LogP contribution is 2.55. The van der Waals surface area contributed by atoms with Gasteiger partial charge in [-0.1, -0.05) is 13.8 Å². The Labute approximate surface area is 167 Å². The van der Waals surface area contributed by atoms with Crippen LogP contribution in [-0.4, -0.2) is 30.6 Å². The van der Waals surface area contributed by atoms with Gasteiger partial charge in [0.25, 0.3) is 5.91 Å². The number of amides is 1. The van der Waals surface area contributed by atoms with Gasteiger partial charge in [0, 0.05) is 5.54 Å². The van der Waals surface area contributed by atoms with Crippen molar-refractivity contribution in [2.45, 2.75) is 57.9 Å². The molecule has 1 amide bonds. The van der Waals surface area contributed by atoms with E-state index in [-0.39, 0.29) is 18.1 Å². The van der Waals surface area contributed by atoms with Gasteiger partial charge < -0.3 is 14.8 Å². The van der Waals surface area contributed by atoms with Gasteiger partial charge in [-0.2, -0.15) is 0 Å². The van der Waals surface area contributed by atoms with Crippen LogP contribution in [0.3, 0.4) is 0 Å². The van der Waals surface area contributed by atoms with Gasteiger partial charge in [-0.25, -0.2) is 4.79 Å². The highest BCUT2D eigenvalue weighted by atomic mass is 16.5. The smallest absolute Gasteiger partial charge is 0.338 e. The minimum atomic E-state index is -0.476. The molecular weight excluding hydrogens is 354 g/mol. The molecule has 4 bridgehead atoms. The summed E-state index contributed by atoms with van der Waals surface area (Å²) in [6.07, 6.45) is 7.28. The summed E-state index contributed by atoms with van der Waals surface area (Å²) < 4.78 is 10.9. The minimum Gasteiger partial charge on any atom is -0.493 e. The largest absolute Gasteiger partial charge is 0.493 e. The topological polar surface area (TPSA) is 64.6 Å². The summed E-state index contributed by atoms with van der Waals surface area (Å²) in [6.45, 7) is 4.58. The Morgan fingerprint density at radius 1 is 1.04 bits per heavy atom. The van der Waals surface area contributed by atoms with Crippen LogP contribution < -0.4 is 10.1 Å². The Morgan fingerprint density at radius 2 is 1.61 bits per heavy atom. The van der Waals surface area contributed by atoms with Crippen LogP contribution in [0, 0.1) is 23.7 Å². The molecule has 5 heteroatoms. The molecule has 0 aliphatic heterocycles. The maximum Gasteiger partial charge on any atom is 0.338 e. The lowest BCUT2D eigenvalue weighted by Gasteiger charge is -2.56. The predicted octanol–water partition coefficient (Wildman–Crippen LogP) is 3.96. The van der Waals surface area contributed by atoms with Gasteiger partial charge in [-0.05, 0) is 86.5 Å². The lowest BCUT2D eigenvalue weighted by Crippen LogP contribution is -2.60. The monoisotopic (exact) mass is 385 g/mol. The van der Waals surface area contributed by atoms with Crippen molar-refractivity contribution in [1.82, 2.24) is 5.32 Å². The Kier molecular flexibility index (Phi) is 5.35. The number of hydrogen-bond acceptors (Lipinski definition) is 4. The fourth-order valence-electron chi connectivity index (χ4n) is 5.76. The third-order valence-electron chi connectivity index (χ3n) is 6.45. The van der Waals surface area contributed by atoms with Crippen LogP contribution in [0.5, 0.6) is 5.75 Å². The van der Waals surface area contributed by atoms with Crippen LogP contribution in [0.15, 0.2) is 24.3 Å². The van der Waals surface area contributed by atoms with E-state index in [1.165, 1.54) is 19.3 Å². The van der Waals surface area contributed by atoms with Crippen molar-refractivity contribution in [2.75, 3.05) is 13.2 Å². The maximum atomic E-state index is 12.5. The molecule has 4 fully saturated rings. The van der Waals surface area contributed by atoms with Gasteiger partial charge in [0.2, 0.25) is 0 Å². The van der Waals surface area contributed by atoms with Crippen LogP contribution in [0.25, 0.3) is 0 Å². The highest BCUT2D eigenvalue weighted by Gasteiger charge is 2.51. The fourth-order valence-corrected chi connectivity index (χ4v) is 5.76. The molecule has 5 nitrogen and oxygen atoms in total. The van der Waals surface area contributed by atoms with E-state index in [1.807, 2.05) is 0 Å². The van der Waals surface area contributed by atoms with E-state index in [0.29, 0.717) is 18.1 Å². The second-order valence-corrected chi connectivity index (χ2v) is 9.55. The Bertz CT molecular complexity index is 689. The quantitative estimate of drug-likeness (QED) is 0.722. The first-order valence-electron chi connectivity index (χ1n) is 10.6. The zero-order chi connectivity index (χ0) is 19.7. The van der Waals surface area contributed by atoms with E-state index < -0.39 is 5.97 Å². The average molecular weight is 386 g/mol. The zero-order valence-electron chi connectivity index (χ0n) is 16.9. The molecule has 0 radical (unpaired) electrons. The molecule has 1 aromatic carbocycles. The Hall–Kier alpha value is -2.04. The molecule has 0 saturated heterocycles. The first-order chi connectivity index (χ1) is 13.4. The summed E-state index contributed by atoms with van der Waals surface area (Å²) in [5.74, 6) is 2.83. The van der Waals surface area contributed by atoms with Gasteiger partial charge in [0.1, 0.15) is 5.75 Å². The molecule has 4 aliphatic carbocycles. The molecule has 0 unspecified atom stereocenters. The van der Waals surface area contributed by atoms with Crippen LogP contribution >= 0.6 is 0 Å². The number of carbonyl (C=O) groups excluding carboxylic acids is 2. The second kappa shape index (κ2) is 7.76. The van der Waals surface area contributed by atoms with Crippen molar-refractivity contribution < 1.29 is 19.1 Å². The van der Waals surface area contributed by atoms with E-state index in [4.69, 9.17) is 9.47 Å². The van der Waals surface area contributed by atoms with E-state index >= 15 is 0 Å². The van der Waals surface area contributed by atoms with Gasteiger partial charge in [-0.15, -0.1) is 0 Å². The first kappa shape index (κ1) is 19.3. The van der Waals surface area contributed by atoms with Gasteiger partial charge in [0.05, 0.1) is 12.2 Å². The van der Waals surface area contributed by atoms with E-state index in [0.717, 1.165) is 42.8 Å². The third kappa shape index (κ3) is 4.34. The van der Waals surface area contributed by atoms with Gasteiger partial charge >= 0.3 is 5.97 Å². The SMILES string of the molecule is CC(C)COc1ccc(C(=O)OCC(=O)NC23CC4CC(CC(C4)C2)C3)cc1. The van der Waals surface area contributed by atoms with Gasteiger partial charge in [-0.3, -0.25) is 4.79 Å². The molecule has 1 aromatic rings. The van der Waals surface area contributed by atoms with Crippen LogP contribution in [-0.2, 0) is 9.53 Å². The Balaban J connectivity index is 1.26. The van der Waals surface area contributed by atoms with Crippen molar-refractivity contribution in [1.29, 1.82) is 0 Å². The van der Waals surface area contributed by atoms with E-state index in [1.54, 1.807) is 24.3 Å². The molecular formula is C23H31NO4. The molecule has 0 atom stereocenters. The molecule has 4 aliphatic rings. The molecule has 0 spiro atoms. The molecule has 4 saturated carbocycles. The lowest BCUT2D eigenvalue weighted by atomic mass is 9.53. The van der Waals surface area contributed by atoms with Crippen molar-refractivity contribution in [3.63, 3.8) is 0 Å². The van der Waals surface area contributed by atoms with Crippen LogP contribution in [0.1, 0.15) is 62.7 Å². The average Bonchev–Trinajstić information content (AvgIpc) is 2.63. The second-order valence-electron chi connectivity index (χ2n) is 9.55. The standard InChI is InChI=1S/C23H31NO4/c1-15(2)13-27-20-5-3-19(4-6-20)22(26)28-14-21(25)24-23-10-16-7-17(11-23)9-18(8-16)12-23/h3-6,15-18H,7-14H2,1-2H3,(H,24,25). The van der Waals surface area contributed by atoms with Crippen molar-refractivity contribution in [3.05, 3.63) is 29.8 Å². The molecule has 0 aromatic heterocycles. The summed E-state index contributed by atoms with van der Waals surface area (Å²) in [7, 11) is 0. The molecule has 5 rings (SSSR count). The first-order valence-corrected chi connectivity index (χ1v) is 10.6. The minimum absolute atomic E-state index is 0.0480. The number of hydrogen-bond donors (Lipinski definition) is 1. The number of ether oxygens (including phenoxy) is 2. The molecule has 1 N–H and O–H groups in total. The normalized spacial score (nSPS) is 30.3. The number of carbonyl (C=O) groups is 2. The Morgan fingerprint density at radius 3 is 2.14 bits per heavy atom. The summed E-state index contributed by atoms with van der Waals surface area (Å²) >= 11 is 0. The third-order valence-corrected chi connectivity index (χ3v) is 6.45. The molecule has 152 valence electrons. The number of esters is 1. The highest BCUT2D eigenvalue weighted by molar-refractivity contribution is 5.91. The van der Waals surface area contributed by atoms with Crippen molar-refractivity contribution >= 4 is 11.9 Å².